The Labute approximate surface area is 177 Å². The Morgan fingerprint density at radius 1 is 1.23 bits per heavy atom. The Morgan fingerprint density at radius 3 is 2.60 bits per heavy atom. The van der Waals surface area contributed by atoms with E-state index in [1.54, 1.807) is 16.7 Å². The number of carbonyl (C=O) groups is 2. The molecule has 0 spiro atoms. The largest absolute Gasteiger partial charge is 0.444 e. The molecule has 1 aromatic heterocycles. The summed E-state index contributed by atoms with van der Waals surface area (Å²) in [5.41, 5.74) is 1.32. The van der Waals surface area contributed by atoms with Crippen LogP contribution >= 0.6 is 0 Å². The van der Waals surface area contributed by atoms with Crippen molar-refractivity contribution in [3.05, 3.63) is 17.1 Å². The molecule has 0 saturated carbocycles. The van der Waals surface area contributed by atoms with Crippen LogP contribution in [0.1, 0.15) is 51.2 Å². The molecule has 1 saturated heterocycles. The Bertz CT molecular complexity index is 873. The molecule has 9 heteroatoms. The fourth-order valence-corrected chi connectivity index (χ4v) is 4.02. The maximum Gasteiger partial charge on any atom is 0.410 e. The molecule has 2 amide bonds. The number of hydrogen-bond acceptors (Lipinski definition) is 7. The van der Waals surface area contributed by atoms with Gasteiger partial charge >= 0.3 is 6.09 Å². The average Bonchev–Trinajstić information content (AvgIpc) is 2.65. The molecule has 0 aromatic carbocycles. The van der Waals surface area contributed by atoms with Gasteiger partial charge in [0.05, 0.1) is 30.8 Å². The summed E-state index contributed by atoms with van der Waals surface area (Å²) in [6, 6.07) is 2.04. The third kappa shape index (κ3) is 4.81. The lowest BCUT2D eigenvalue weighted by Crippen LogP contribution is -2.55. The van der Waals surface area contributed by atoms with E-state index >= 15 is 0 Å². The minimum absolute atomic E-state index is 0.0104. The molecular formula is C21H30N6O3. The zero-order valence-corrected chi connectivity index (χ0v) is 18.4. The number of aryl methyl sites for hydroxylation is 1. The van der Waals surface area contributed by atoms with Gasteiger partial charge in [-0.05, 0) is 34.1 Å². The van der Waals surface area contributed by atoms with Gasteiger partial charge in [0.1, 0.15) is 17.2 Å². The number of piperazine rings is 1. The summed E-state index contributed by atoms with van der Waals surface area (Å²) in [7, 11) is 0. The van der Waals surface area contributed by atoms with E-state index in [-0.39, 0.29) is 24.5 Å². The summed E-state index contributed by atoms with van der Waals surface area (Å²) in [5, 5.41) is 9.19. The standard InChI is InChI=1S/C21H30N6O3/c1-14-23-18-13-26(20(29)30-21(3,4)5)9-7-17(18)19(24-14)25-10-11-27(15(2)28)16(12-25)6-8-22/h16H,6-7,9-13H2,1-5H3/t16-/m0/s1. The first-order chi connectivity index (χ1) is 14.1. The number of carbonyl (C=O) groups excluding carboxylic acids is 2. The fourth-order valence-electron chi connectivity index (χ4n) is 4.02. The van der Waals surface area contributed by atoms with Gasteiger partial charge in [0.15, 0.2) is 0 Å². The molecule has 3 rings (SSSR count). The minimum atomic E-state index is -0.545. The highest BCUT2D eigenvalue weighted by Gasteiger charge is 2.33. The van der Waals surface area contributed by atoms with Gasteiger partial charge in [0, 0.05) is 38.7 Å². The minimum Gasteiger partial charge on any atom is -0.444 e. The van der Waals surface area contributed by atoms with Crippen LogP contribution in [0.4, 0.5) is 10.6 Å². The van der Waals surface area contributed by atoms with Gasteiger partial charge in [0.2, 0.25) is 5.91 Å². The zero-order valence-electron chi connectivity index (χ0n) is 18.4. The van der Waals surface area contributed by atoms with E-state index < -0.39 is 5.60 Å². The van der Waals surface area contributed by atoms with Crippen LogP contribution in [0.3, 0.4) is 0 Å². The molecule has 3 heterocycles. The van der Waals surface area contributed by atoms with Gasteiger partial charge in [-0.25, -0.2) is 14.8 Å². The maximum absolute atomic E-state index is 12.5. The number of nitriles is 1. The molecule has 1 aromatic rings. The van der Waals surface area contributed by atoms with E-state index in [9.17, 15) is 14.9 Å². The molecular weight excluding hydrogens is 384 g/mol. The van der Waals surface area contributed by atoms with Crippen LogP contribution in [0.5, 0.6) is 0 Å². The van der Waals surface area contributed by atoms with Crippen molar-refractivity contribution in [3.8, 4) is 6.07 Å². The van der Waals surface area contributed by atoms with E-state index in [4.69, 9.17) is 9.72 Å². The molecule has 1 fully saturated rings. The summed E-state index contributed by atoms with van der Waals surface area (Å²) in [6.07, 6.45) is 0.588. The topological polar surface area (TPSA) is 103 Å². The molecule has 30 heavy (non-hydrogen) atoms. The van der Waals surface area contributed by atoms with Crippen molar-refractivity contribution >= 4 is 17.8 Å². The molecule has 0 radical (unpaired) electrons. The predicted molar refractivity (Wildman–Crippen MR) is 111 cm³/mol. The first-order valence-corrected chi connectivity index (χ1v) is 10.3. The van der Waals surface area contributed by atoms with Crippen LogP contribution in [-0.4, -0.2) is 69.6 Å². The van der Waals surface area contributed by atoms with Crippen molar-refractivity contribution in [2.45, 2.75) is 65.6 Å². The Kier molecular flexibility index (Phi) is 6.15. The molecule has 0 unspecified atom stereocenters. The van der Waals surface area contributed by atoms with Crippen LogP contribution in [-0.2, 0) is 22.5 Å². The fraction of sp³-hybridized carbons (Fsp3) is 0.667. The number of ether oxygens (including phenoxy) is 1. The second-order valence-corrected chi connectivity index (χ2v) is 8.85. The van der Waals surface area contributed by atoms with Crippen molar-refractivity contribution in [2.24, 2.45) is 0 Å². The molecule has 2 aliphatic heterocycles. The van der Waals surface area contributed by atoms with Crippen molar-refractivity contribution < 1.29 is 14.3 Å². The third-order valence-electron chi connectivity index (χ3n) is 5.32. The molecule has 0 N–H and O–H groups in total. The van der Waals surface area contributed by atoms with Crippen LogP contribution in [0.25, 0.3) is 0 Å². The number of aromatic nitrogens is 2. The third-order valence-corrected chi connectivity index (χ3v) is 5.32. The van der Waals surface area contributed by atoms with Gasteiger partial charge in [-0.15, -0.1) is 0 Å². The SMILES string of the molecule is CC(=O)N1CCN(c2nc(C)nc3c2CCN(C(=O)OC(C)(C)C)C3)C[C@@H]1CC#N. The van der Waals surface area contributed by atoms with Crippen molar-refractivity contribution in [2.75, 3.05) is 31.1 Å². The molecule has 1 atom stereocenters. The van der Waals surface area contributed by atoms with Gasteiger partial charge < -0.3 is 19.4 Å². The number of hydrogen-bond donors (Lipinski definition) is 0. The van der Waals surface area contributed by atoms with Crippen molar-refractivity contribution in [1.29, 1.82) is 5.26 Å². The summed E-state index contributed by atoms with van der Waals surface area (Å²) in [5.74, 6) is 1.48. The summed E-state index contributed by atoms with van der Waals surface area (Å²) >= 11 is 0. The van der Waals surface area contributed by atoms with E-state index in [0.717, 1.165) is 17.1 Å². The van der Waals surface area contributed by atoms with Crippen LogP contribution in [0.15, 0.2) is 0 Å². The number of fused-ring (bicyclic) bond motifs is 1. The predicted octanol–water partition coefficient (Wildman–Crippen LogP) is 2.03. The van der Waals surface area contributed by atoms with Crippen LogP contribution < -0.4 is 4.90 Å². The highest BCUT2D eigenvalue weighted by molar-refractivity contribution is 5.74. The molecule has 0 bridgehead atoms. The smallest absolute Gasteiger partial charge is 0.410 e. The van der Waals surface area contributed by atoms with E-state index in [1.807, 2.05) is 27.7 Å². The van der Waals surface area contributed by atoms with Crippen LogP contribution in [0.2, 0.25) is 0 Å². The van der Waals surface area contributed by atoms with Crippen molar-refractivity contribution in [3.63, 3.8) is 0 Å². The number of anilines is 1. The van der Waals surface area contributed by atoms with Crippen LogP contribution in [0, 0.1) is 18.3 Å². The second-order valence-electron chi connectivity index (χ2n) is 8.85. The normalized spacial score (nSPS) is 19.2. The number of amides is 2. The molecule has 9 nitrogen and oxygen atoms in total. The molecule has 2 aliphatic rings. The number of nitrogens with zero attached hydrogens (tertiary/aromatic N) is 6. The van der Waals surface area contributed by atoms with Gasteiger partial charge in [0.25, 0.3) is 0 Å². The quantitative estimate of drug-likeness (QED) is 0.729. The van der Waals surface area contributed by atoms with Gasteiger partial charge in [-0.1, -0.05) is 0 Å². The second kappa shape index (κ2) is 8.46. The van der Waals surface area contributed by atoms with Gasteiger partial charge in [-0.2, -0.15) is 5.26 Å². The van der Waals surface area contributed by atoms with Gasteiger partial charge in [-0.3, -0.25) is 4.79 Å². The zero-order chi connectivity index (χ0) is 22.1. The highest BCUT2D eigenvalue weighted by Crippen LogP contribution is 2.29. The lowest BCUT2D eigenvalue weighted by molar-refractivity contribution is -0.131. The van der Waals surface area contributed by atoms with E-state index in [1.165, 1.54) is 0 Å². The van der Waals surface area contributed by atoms with E-state index in [2.05, 4.69) is 16.0 Å². The van der Waals surface area contributed by atoms with Crippen molar-refractivity contribution in [1.82, 2.24) is 19.8 Å². The summed E-state index contributed by atoms with van der Waals surface area (Å²) in [4.78, 5) is 39.3. The first-order valence-electron chi connectivity index (χ1n) is 10.3. The Hall–Kier alpha value is -2.89. The maximum atomic E-state index is 12.5. The number of rotatable bonds is 2. The highest BCUT2D eigenvalue weighted by atomic mass is 16.6. The monoisotopic (exact) mass is 414 g/mol. The Morgan fingerprint density at radius 2 is 1.97 bits per heavy atom. The van der Waals surface area contributed by atoms with E-state index in [0.29, 0.717) is 45.0 Å². The molecule has 162 valence electrons. The lowest BCUT2D eigenvalue weighted by Gasteiger charge is -2.42. The lowest BCUT2D eigenvalue weighted by atomic mass is 10.0. The Balaban J connectivity index is 1.83. The first kappa shape index (κ1) is 21.8. The average molecular weight is 415 g/mol. The molecule has 0 aliphatic carbocycles. The summed E-state index contributed by atoms with van der Waals surface area (Å²) < 4.78 is 5.51. The summed E-state index contributed by atoms with van der Waals surface area (Å²) in [6.45, 7) is 11.6.